The summed E-state index contributed by atoms with van der Waals surface area (Å²) in [5, 5.41) is 9.48. The minimum absolute atomic E-state index is 0.415. The molecule has 1 fully saturated rings. The smallest absolute Gasteiger partial charge is 0.369 e. The van der Waals surface area contributed by atoms with E-state index in [1.165, 1.54) is 0 Å². The van der Waals surface area contributed by atoms with Crippen LogP contribution in [0.25, 0.3) is 11.1 Å². The van der Waals surface area contributed by atoms with Crippen molar-refractivity contribution in [3.05, 3.63) is 48.2 Å². The van der Waals surface area contributed by atoms with Crippen molar-refractivity contribution >= 4 is 5.82 Å². The third-order valence-corrected chi connectivity index (χ3v) is 5.03. The Balaban J connectivity index is 1.90. The molecule has 158 valence electrons. The van der Waals surface area contributed by atoms with Gasteiger partial charge in [0.25, 0.3) is 5.60 Å². The Morgan fingerprint density at radius 3 is 1.90 bits per heavy atom. The molecular weight excluding hydrogens is 400 g/mol. The van der Waals surface area contributed by atoms with Gasteiger partial charge in [0.2, 0.25) is 0 Å². The molecule has 10 heteroatoms. The summed E-state index contributed by atoms with van der Waals surface area (Å²) < 4.78 is 78.1. The van der Waals surface area contributed by atoms with Gasteiger partial charge in [-0.25, -0.2) is 4.98 Å². The molecule has 0 atom stereocenters. The molecule has 1 aliphatic heterocycles. The SMILES string of the molecule is CN1CCN(c2cc(-c3ccc(C(O)(C(F)(F)F)C(F)(F)F)cc3)ccn2)CC1. The predicted octanol–water partition coefficient (Wildman–Crippen LogP) is 3.81. The Labute approximate surface area is 163 Å². The number of nitrogens with zero attached hydrogens (tertiary/aromatic N) is 3. The predicted molar refractivity (Wildman–Crippen MR) is 95.4 cm³/mol. The third kappa shape index (κ3) is 4.04. The van der Waals surface area contributed by atoms with Crippen LogP contribution in [0.1, 0.15) is 5.56 Å². The van der Waals surface area contributed by atoms with Crippen molar-refractivity contribution < 1.29 is 31.4 Å². The number of hydrogen-bond donors (Lipinski definition) is 1. The monoisotopic (exact) mass is 419 g/mol. The number of pyridine rings is 1. The molecule has 0 bridgehead atoms. The van der Waals surface area contributed by atoms with Crippen LogP contribution in [-0.4, -0.2) is 60.6 Å². The first-order chi connectivity index (χ1) is 13.4. The van der Waals surface area contributed by atoms with Gasteiger partial charge in [-0.1, -0.05) is 24.3 Å². The average molecular weight is 419 g/mol. The molecule has 0 spiro atoms. The number of halogens is 6. The van der Waals surface area contributed by atoms with E-state index in [1.54, 1.807) is 18.3 Å². The standard InChI is InChI=1S/C19H19F6N3O/c1-27-8-10-28(11-9-27)16-12-14(6-7-26-16)13-2-4-15(5-3-13)17(29,18(20,21)22)19(23,24)25/h2-7,12,29H,8-11H2,1H3. The van der Waals surface area contributed by atoms with E-state index in [1.807, 2.05) is 7.05 Å². The fourth-order valence-corrected chi connectivity index (χ4v) is 3.20. The minimum Gasteiger partial charge on any atom is -0.369 e. The second-order valence-corrected chi connectivity index (χ2v) is 6.98. The lowest BCUT2D eigenvalue weighted by Crippen LogP contribution is -2.53. The first kappa shape index (κ1) is 21.4. The topological polar surface area (TPSA) is 39.6 Å². The molecular formula is C19H19F6N3O. The lowest BCUT2D eigenvalue weighted by molar-refractivity contribution is -0.376. The summed E-state index contributed by atoms with van der Waals surface area (Å²) in [5.74, 6) is 0.682. The maximum Gasteiger partial charge on any atom is 0.430 e. The van der Waals surface area contributed by atoms with E-state index in [4.69, 9.17) is 0 Å². The van der Waals surface area contributed by atoms with Crippen LogP contribution in [0.2, 0.25) is 0 Å². The van der Waals surface area contributed by atoms with Gasteiger partial charge in [0.05, 0.1) is 0 Å². The van der Waals surface area contributed by atoms with E-state index in [0.717, 1.165) is 38.3 Å². The lowest BCUT2D eigenvalue weighted by atomic mass is 9.91. The Morgan fingerprint density at radius 1 is 0.828 bits per heavy atom. The molecule has 0 unspecified atom stereocenters. The quantitative estimate of drug-likeness (QED) is 0.769. The Hall–Kier alpha value is -2.33. The van der Waals surface area contributed by atoms with Gasteiger partial charge >= 0.3 is 12.4 Å². The van der Waals surface area contributed by atoms with Crippen LogP contribution >= 0.6 is 0 Å². The van der Waals surface area contributed by atoms with Crippen LogP contribution in [0.5, 0.6) is 0 Å². The fourth-order valence-electron chi connectivity index (χ4n) is 3.20. The lowest BCUT2D eigenvalue weighted by Gasteiger charge is -2.33. The average Bonchev–Trinajstić information content (AvgIpc) is 2.66. The van der Waals surface area contributed by atoms with Gasteiger partial charge in [0, 0.05) is 37.9 Å². The molecule has 2 aromatic rings. The molecule has 0 aliphatic carbocycles. The molecule has 1 N–H and O–H groups in total. The zero-order chi connectivity index (χ0) is 21.4. The second kappa shape index (κ2) is 7.49. The number of benzene rings is 1. The van der Waals surface area contributed by atoms with Gasteiger partial charge < -0.3 is 14.9 Å². The van der Waals surface area contributed by atoms with E-state index in [2.05, 4.69) is 14.8 Å². The van der Waals surface area contributed by atoms with Gasteiger partial charge in [-0.15, -0.1) is 0 Å². The van der Waals surface area contributed by atoms with Crippen LogP contribution in [0.4, 0.5) is 32.2 Å². The summed E-state index contributed by atoms with van der Waals surface area (Å²) in [6.45, 7) is 3.23. The van der Waals surface area contributed by atoms with Crippen LogP contribution in [0.15, 0.2) is 42.6 Å². The van der Waals surface area contributed by atoms with Crippen LogP contribution in [-0.2, 0) is 5.60 Å². The molecule has 1 aromatic heterocycles. The molecule has 1 saturated heterocycles. The van der Waals surface area contributed by atoms with Crippen molar-refractivity contribution in [2.75, 3.05) is 38.1 Å². The van der Waals surface area contributed by atoms with E-state index in [0.29, 0.717) is 29.1 Å². The van der Waals surface area contributed by atoms with Gasteiger partial charge in [-0.2, -0.15) is 26.3 Å². The Kier molecular flexibility index (Phi) is 5.52. The van der Waals surface area contributed by atoms with Crippen LogP contribution in [0, 0.1) is 0 Å². The van der Waals surface area contributed by atoms with Gasteiger partial charge in [-0.05, 0) is 30.3 Å². The normalized spacial score (nSPS) is 16.9. The van der Waals surface area contributed by atoms with E-state index >= 15 is 0 Å². The number of likely N-dealkylation sites (N-methyl/N-ethyl adjacent to an activating group) is 1. The van der Waals surface area contributed by atoms with Crippen LogP contribution in [0.3, 0.4) is 0 Å². The summed E-state index contributed by atoms with van der Waals surface area (Å²) in [6.07, 6.45) is -10.3. The molecule has 2 heterocycles. The third-order valence-electron chi connectivity index (χ3n) is 5.03. The van der Waals surface area contributed by atoms with Gasteiger partial charge in [0.1, 0.15) is 5.82 Å². The number of piperazine rings is 1. The minimum atomic E-state index is -5.90. The first-order valence-electron chi connectivity index (χ1n) is 8.80. The molecule has 0 amide bonds. The van der Waals surface area contributed by atoms with Crippen molar-refractivity contribution in [1.82, 2.24) is 9.88 Å². The Morgan fingerprint density at radius 2 is 1.38 bits per heavy atom. The van der Waals surface area contributed by atoms with Gasteiger partial charge in [-0.3, -0.25) is 0 Å². The number of alkyl halides is 6. The zero-order valence-electron chi connectivity index (χ0n) is 15.4. The molecule has 0 saturated carbocycles. The summed E-state index contributed by atoms with van der Waals surface area (Å²) in [7, 11) is 2.01. The maximum absolute atomic E-state index is 13.0. The molecule has 4 nitrogen and oxygen atoms in total. The number of rotatable bonds is 3. The summed E-state index contributed by atoms with van der Waals surface area (Å²) >= 11 is 0. The molecule has 29 heavy (non-hydrogen) atoms. The molecule has 1 aliphatic rings. The largest absolute Gasteiger partial charge is 0.430 e. The maximum atomic E-state index is 13.0. The van der Waals surface area contributed by atoms with E-state index in [-0.39, 0.29) is 0 Å². The highest BCUT2D eigenvalue weighted by atomic mass is 19.4. The van der Waals surface area contributed by atoms with Crippen molar-refractivity contribution in [3.63, 3.8) is 0 Å². The van der Waals surface area contributed by atoms with Crippen molar-refractivity contribution in [3.8, 4) is 11.1 Å². The number of hydrogen-bond acceptors (Lipinski definition) is 4. The summed E-state index contributed by atoms with van der Waals surface area (Å²) in [5.41, 5.74) is -5.20. The first-order valence-corrected chi connectivity index (χ1v) is 8.80. The van der Waals surface area contributed by atoms with Crippen molar-refractivity contribution in [1.29, 1.82) is 0 Å². The van der Waals surface area contributed by atoms with E-state index < -0.39 is 23.5 Å². The molecule has 1 aromatic carbocycles. The van der Waals surface area contributed by atoms with Crippen molar-refractivity contribution in [2.45, 2.75) is 18.0 Å². The highest BCUT2D eigenvalue weighted by Gasteiger charge is 2.71. The summed E-state index contributed by atoms with van der Waals surface area (Å²) in [6, 6.07) is 6.90. The second-order valence-electron chi connectivity index (χ2n) is 6.98. The Bertz CT molecular complexity index is 828. The number of aromatic nitrogens is 1. The van der Waals surface area contributed by atoms with Crippen LogP contribution < -0.4 is 4.90 Å². The van der Waals surface area contributed by atoms with Gasteiger partial charge in [0.15, 0.2) is 0 Å². The highest BCUT2D eigenvalue weighted by Crippen LogP contribution is 2.50. The number of anilines is 1. The molecule has 3 rings (SSSR count). The zero-order valence-corrected chi connectivity index (χ0v) is 15.4. The highest BCUT2D eigenvalue weighted by molar-refractivity contribution is 5.67. The molecule has 0 radical (unpaired) electrons. The van der Waals surface area contributed by atoms with E-state index in [9.17, 15) is 31.4 Å². The number of aliphatic hydroxyl groups is 1. The fraction of sp³-hybridized carbons (Fsp3) is 0.421. The summed E-state index contributed by atoms with van der Waals surface area (Å²) in [4.78, 5) is 8.53. The van der Waals surface area contributed by atoms with Crippen molar-refractivity contribution in [2.24, 2.45) is 0 Å².